The lowest BCUT2D eigenvalue weighted by Crippen LogP contribution is -2.04. The van der Waals surface area contributed by atoms with Crippen molar-refractivity contribution in [3.63, 3.8) is 0 Å². The number of hydrogen-bond donors (Lipinski definition) is 0. The highest BCUT2D eigenvalue weighted by atomic mass is 16.5. The van der Waals surface area contributed by atoms with Crippen LogP contribution in [0.5, 0.6) is 0 Å². The van der Waals surface area contributed by atoms with Crippen molar-refractivity contribution in [2.45, 2.75) is 46.0 Å². The van der Waals surface area contributed by atoms with Crippen LogP contribution < -0.4 is 0 Å². The summed E-state index contributed by atoms with van der Waals surface area (Å²) in [6.45, 7) is 7.47. The Labute approximate surface area is 135 Å². The Morgan fingerprint density at radius 3 is 2.41 bits per heavy atom. The maximum atomic E-state index is 5.97. The van der Waals surface area contributed by atoms with Gasteiger partial charge in [-0.1, -0.05) is 63.3 Å². The molecule has 1 atom stereocenters. The summed E-state index contributed by atoms with van der Waals surface area (Å²) in [5.41, 5.74) is 2.77. The molecule has 0 fully saturated rings. The molecule has 0 amide bonds. The molecule has 1 heteroatoms. The molecule has 1 aromatic carbocycles. The van der Waals surface area contributed by atoms with Gasteiger partial charge < -0.3 is 4.74 Å². The van der Waals surface area contributed by atoms with Crippen LogP contribution in [0.15, 0.2) is 60.4 Å². The molecule has 0 aromatic heterocycles. The van der Waals surface area contributed by atoms with Crippen LogP contribution >= 0.6 is 0 Å². The van der Waals surface area contributed by atoms with Crippen molar-refractivity contribution in [3.05, 3.63) is 71.5 Å². The maximum Gasteiger partial charge on any atom is 0.115 e. The summed E-state index contributed by atoms with van der Waals surface area (Å²) in [7, 11) is 0. The lowest BCUT2D eigenvalue weighted by Gasteiger charge is -2.15. The van der Waals surface area contributed by atoms with E-state index >= 15 is 0 Å². The zero-order chi connectivity index (χ0) is 15.8. The Bertz CT molecular complexity index is 532. The summed E-state index contributed by atoms with van der Waals surface area (Å²) in [6, 6.07) is 9.00. The van der Waals surface area contributed by atoms with E-state index in [4.69, 9.17) is 4.74 Å². The van der Waals surface area contributed by atoms with Crippen molar-refractivity contribution in [3.8, 4) is 0 Å². The fraction of sp³-hybridized carbons (Fsp3) is 0.429. The second-order valence-corrected chi connectivity index (χ2v) is 6.50. The molecule has 1 aliphatic rings. The number of rotatable bonds is 6. The first kappa shape index (κ1) is 16.6. The van der Waals surface area contributed by atoms with Crippen molar-refractivity contribution in [2.75, 3.05) is 6.61 Å². The van der Waals surface area contributed by atoms with E-state index < -0.39 is 0 Å². The third kappa shape index (κ3) is 5.55. The predicted molar refractivity (Wildman–Crippen MR) is 94.9 cm³/mol. The Morgan fingerprint density at radius 2 is 1.68 bits per heavy atom. The average molecular weight is 296 g/mol. The van der Waals surface area contributed by atoms with E-state index in [1.807, 2.05) is 0 Å². The Morgan fingerprint density at radius 1 is 0.955 bits per heavy atom. The third-order valence-electron chi connectivity index (χ3n) is 3.87. The lowest BCUT2D eigenvalue weighted by molar-refractivity contribution is 0.208. The highest BCUT2D eigenvalue weighted by molar-refractivity contribution is 5.25. The molecule has 0 heterocycles. The maximum absolute atomic E-state index is 5.97. The van der Waals surface area contributed by atoms with Crippen molar-refractivity contribution < 1.29 is 4.74 Å². The van der Waals surface area contributed by atoms with Gasteiger partial charge in [0.2, 0.25) is 0 Å². The SMILES string of the molecule is CC(C)Cc1ccc([C@@H](C)COC2=CCC=CCC=C2)cc1. The van der Waals surface area contributed by atoms with Crippen molar-refractivity contribution in [2.24, 2.45) is 5.92 Å². The molecule has 0 bridgehead atoms. The van der Waals surface area contributed by atoms with Crippen molar-refractivity contribution in [1.82, 2.24) is 0 Å². The van der Waals surface area contributed by atoms with Crippen LogP contribution in [0.2, 0.25) is 0 Å². The largest absolute Gasteiger partial charge is 0.493 e. The topological polar surface area (TPSA) is 9.23 Å². The summed E-state index contributed by atoms with van der Waals surface area (Å²) in [5.74, 6) is 2.11. The molecule has 22 heavy (non-hydrogen) atoms. The van der Waals surface area contributed by atoms with Gasteiger partial charge in [-0.15, -0.1) is 0 Å². The van der Waals surface area contributed by atoms with Gasteiger partial charge in [0.05, 0.1) is 6.61 Å². The summed E-state index contributed by atoms with van der Waals surface area (Å²) < 4.78 is 5.97. The molecule has 0 saturated heterocycles. The first-order chi connectivity index (χ1) is 10.6. The summed E-state index contributed by atoms with van der Waals surface area (Å²) in [5, 5.41) is 0. The molecular formula is C21H28O. The van der Waals surface area contributed by atoms with Crippen LogP contribution in [0.1, 0.15) is 50.7 Å². The molecule has 0 N–H and O–H groups in total. The van der Waals surface area contributed by atoms with E-state index in [0.29, 0.717) is 11.8 Å². The fourth-order valence-electron chi connectivity index (χ4n) is 2.59. The van der Waals surface area contributed by atoms with E-state index in [1.165, 1.54) is 11.1 Å². The van der Waals surface area contributed by atoms with Gasteiger partial charge >= 0.3 is 0 Å². The first-order valence-electron chi connectivity index (χ1n) is 8.38. The fourth-order valence-corrected chi connectivity index (χ4v) is 2.59. The summed E-state index contributed by atoms with van der Waals surface area (Å²) in [6.07, 6.45) is 13.8. The quantitative estimate of drug-likeness (QED) is 0.603. The second kappa shape index (κ2) is 8.63. The molecule has 0 radical (unpaired) electrons. The van der Waals surface area contributed by atoms with Gasteiger partial charge in [-0.2, -0.15) is 0 Å². The van der Waals surface area contributed by atoms with E-state index in [-0.39, 0.29) is 0 Å². The number of allylic oxidation sites excluding steroid dienone is 5. The Balaban J connectivity index is 1.88. The highest BCUT2D eigenvalue weighted by Gasteiger charge is 2.07. The first-order valence-corrected chi connectivity index (χ1v) is 8.38. The van der Waals surface area contributed by atoms with Crippen LogP contribution in [0.3, 0.4) is 0 Å². The van der Waals surface area contributed by atoms with Gasteiger partial charge in [0.25, 0.3) is 0 Å². The molecule has 1 aromatic rings. The molecule has 2 rings (SSSR count). The van der Waals surface area contributed by atoms with E-state index in [1.54, 1.807) is 0 Å². The Hall–Kier alpha value is -1.76. The van der Waals surface area contributed by atoms with Crippen LogP contribution in [-0.2, 0) is 11.2 Å². The predicted octanol–water partition coefficient (Wildman–Crippen LogP) is 5.80. The smallest absolute Gasteiger partial charge is 0.115 e. The zero-order valence-electron chi connectivity index (χ0n) is 14.1. The van der Waals surface area contributed by atoms with Gasteiger partial charge in [-0.05, 0) is 48.5 Å². The highest BCUT2D eigenvalue weighted by Crippen LogP contribution is 2.19. The minimum Gasteiger partial charge on any atom is -0.493 e. The zero-order valence-corrected chi connectivity index (χ0v) is 14.1. The normalized spacial score (nSPS) is 16.1. The van der Waals surface area contributed by atoms with Crippen LogP contribution in [0.4, 0.5) is 0 Å². The molecule has 118 valence electrons. The van der Waals surface area contributed by atoms with Gasteiger partial charge in [0, 0.05) is 5.92 Å². The summed E-state index contributed by atoms with van der Waals surface area (Å²) >= 11 is 0. The van der Waals surface area contributed by atoms with E-state index in [0.717, 1.165) is 31.6 Å². The van der Waals surface area contributed by atoms with Gasteiger partial charge in [-0.25, -0.2) is 0 Å². The molecule has 1 aliphatic carbocycles. The monoisotopic (exact) mass is 296 g/mol. The van der Waals surface area contributed by atoms with Crippen molar-refractivity contribution >= 4 is 0 Å². The third-order valence-corrected chi connectivity index (χ3v) is 3.87. The standard InChI is InChI=1S/C21H28O/c1-17(2)15-19-11-13-20(14-12-19)18(3)16-22-21-9-7-5-4-6-8-10-21/h4-5,8-14,17-18H,6-7,15-16H2,1-3H3/t18-/m0/s1. The van der Waals surface area contributed by atoms with E-state index in [2.05, 4.69) is 75.4 Å². The molecule has 0 saturated carbocycles. The van der Waals surface area contributed by atoms with Gasteiger partial charge in [-0.3, -0.25) is 0 Å². The average Bonchev–Trinajstić information content (AvgIpc) is 2.46. The molecule has 0 aliphatic heterocycles. The van der Waals surface area contributed by atoms with Crippen LogP contribution in [0.25, 0.3) is 0 Å². The summed E-state index contributed by atoms with van der Waals surface area (Å²) in [4.78, 5) is 0. The van der Waals surface area contributed by atoms with Gasteiger partial charge in [0.15, 0.2) is 0 Å². The number of hydrogen-bond acceptors (Lipinski definition) is 1. The minimum absolute atomic E-state index is 0.406. The van der Waals surface area contributed by atoms with Crippen molar-refractivity contribution in [1.29, 1.82) is 0 Å². The molecule has 1 nitrogen and oxygen atoms in total. The molecule has 0 unspecified atom stereocenters. The van der Waals surface area contributed by atoms with E-state index in [9.17, 15) is 0 Å². The number of ether oxygens (including phenoxy) is 1. The van der Waals surface area contributed by atoms with Gasteiger partial charge in [0.1, 0.15) is 5.76 Å². The Kier molecular flexibility index (Phi) is 6.51. The minimum atomic E-state index is 0.406. The van der Waals surface area contributed by atoms with Crippen LogP contribution in [-0.4, -0.2) is 6.61 Å². The van der Waals surface area contributed by atoms with Crippen LogP contribution in [0, 0.1) is 5.92 Å². The second-order valence-electron chi connectivity index (χ2n) is 6.50. The molecule has 0 spiro atoms. The number of benzene rings is 1. The lowest BCUT2D eigenvalue weighted by atomic mass is 9.97. The molecular weight excluding hydrogens is 268 g/mol.